The first-order chi connectivity index (χ1) is 13.2. The van der Waals surface area contributed by atoms with Crippen molar-refractivity contribution in [3.05, 3.63) is 51.5 Å². The van der Waals surface area contributed by atoms with Crippen molar-refractivity contribution < 1.29 is 9.53 Å². The van der Waals surface area contributed by atoms with E-state index in [4.69, 9.17) is 4.74 Å². The molecule has 1 fully saturated rings. The Morgan fingerprint density at radius 1 is 1.19 bits per heavy atom. The van der Waals surface area contributed by atoms with E-state index in [1.807, 2.05) is 6.07 Å². The van der Waals surface area contributed by atoms with Gasteiger partial charge in [-0.15, -0.1) is 11.3 Å². The van der Waals surface area contributed by atoms with E-state index in [9.17, 15) is 4.79 Å². The number of methoxy groups -OCH3 is 1. The molecule has 1 N–H and O–H groups in total. The summed E-state index contributed by atoms with van der Waals surface area (Å²) in [5.74, 6) is -0.139. The predicted octanol–water partition coefficient (Wildman–Crippen LogP) is 2.36. The van der Waals surface area contributed by atoms with Crippen LogP contribution in [0.2, 0.25) is 0 Å². The Morgan fingerprint density at radius 3 is 2.59 bits per heavy atom. The van der Waals surface area contributed by atoms with E-state index in [2.05, 4.69) is 45.2 Å². The van der Waals surface area contributed by atoms with Crippen molar-refractivity contribution in [2.75, 3.05) is 39.8 Å². The standard InChI is InChI=1S/C20H28N4O2S/c1-3-23-8-10-24(11-9-23)13-17-7-5-4-6-16(17)12-21-20(25)18-15-27-19(22-18)14-26-2/h4-7,15H,3,8-14H2,1-2H3,(H,21,25). The van der Waals surface area contributed by atoms with Gasteiger partial charge in [-0.3, -0.25) is 9.69 Å². The molecule has 0 radical (unpaired) electrons. The maximum Gasteiger partial charge on any atom is 0.271 e. The summed E-state index contributed by atoms with van der Waals surface area (Å²) < 4.78 is 5.06. The quantitative estimate of drug-likeness (QED) is 0.752. The minimum absolute atomic E-state index is 0.139. The van der Waals surface area contributed by atoms with Crippen LogP contribution in [0.4, 0.5) is 0 Å². The van der Waals surface area contributed by atoms with E-state index in [1.54, 1.807) is 12.5 Å². The number of nitrogens with one attached hydrogen (secondary N) is 1. The number of piperazine rings is 1. The minimum atomic E-state index is -0.139. The van der Waals surface area contributed by atoms with Crippen LogP contribution in [0.3, 0.4) is 0 Å². The topological polar surface area (TPSA) is 57.7 Å². The van der Waals surface area contributed by atoms with Gasteiger partial charge in [0.1, 0.15) is 10.7 Å². The van der Waals surface area contributed by atoms with Crippen molar-refractivity contribution >= 4 is 17.2 Å². The third-order valence-electron chi connectivity index (χ3n) is 4.92. The third-order valence-corrected chi connectivity index (χ3v) is 5.74. The molecule has 0 atom stereocenters. The van der Waals surface area contributed by atoms with Crippen LogP contribution < -0.4 is 5.32 Å². The van der Waals surface area contributed by atoms with Crippen molar-refractivity contribution in [2.24, 2.45) is 0 Å². The van der Waals surface area contributed by atoms with Crippen molar-refractivity contribution in [2.45, 2.75) is 26.6 Å². The van der Waals surface area contributed by atoms with Gasteiger partial charge < -0.3 is 15.0 Å². The molecule has 1 saturated heterocycles. The number of aromatic nitrogens is 1. The molecule has 1 aromatic heterocycles. The van der Waals surface area contributed by atoms with E-state index in [1.165, 1.54) is 16.9 Å². The summed E-state index contributed by atoms with van der Waals surface area (Å²) in [6, 6.07) is 8.35. The lowest BCUT2D eigenvalue weighted by atomic mass is 10.1. The van der Waals surface area contributed by atoms with Gasteiger partial charge in [0, 0.05) is 51.8 Å². The van der Waals surface area contributed by atoms with Gasteiger partial charge in [0.05, 0.1) is 6.61 Å². The number of ether oxygens (including phenoxy) is 1. The average molecular weight is 389 g/mol. The summed E-state index contributed by atoms with van der Waals surface area (Å²) in [5.41, 5.74) is 2.90. The summed E-state index contributed by atoms with van der Waals surface area (Å²) in [4.78, 5) is 21.7. The Labute approximate surface area is 165 Å². The second-order valence-corrected chi connectivity index (χ2v) is 7.66. The molecule has 0 spiro atoms. The molecule has 6 nitrogen and oxygen atoms in total. The number of hydrogen-bond donors (Lipinski definition) is 1. The van der Waals surface area contributed by atoms with Crippen LogP contribution in [0.15, 0.2) is 29.6 Å². The Kier molecular flexibility index (Phi) is 7.34. The number of thiazole rings is 1. The Bertz CT molecular complexity index is 741. The monoisotopic (exact) mass is 388 g/mol. The van der Waals surface area contributed by atoms with Gasteiger partial charge in [-0.05, 0) is 17.7 Å². The first-order valence-electron chi connectivity index (χ1n) is 9.42. The lowest BCUT2D eigenvalue weighted by molar-refractivity contribution is 0.0945. The molecule has 1 aliphatic heterocycles. The molecular formula is C20H28N4O2S. The molecule has 146 valence electrons. The van der Waals surface area contributed by atoms with Crippen LogP contribution >= 0.6 is 11.3 Å². The van der Waals surface area contributed by atoms with Crippen LogP contribution in [0.25, 0.3) is 0 Å². The lowest BCUT2D eigenvalue weighted by Gasteiger charge is -2.34. The summed E-state index contributed by atoms with van der Waals surface area (Å²) >= 11 is 1.44. The van der Waals surface area contributed by atoms with Crippen molar-refractivity contribution in [1.29, 1.82) is 0 Å². The highest BCUT2D eigenvalue weighted by Gasteiger charge is 2.17. The summed E-state index contributed by atoms with van der Waals surface area (Å²) in [5, 5.41) is 5.60. The highest BCUT2D eigenvalue weighted by Crippen LogP contribution is 2.15. The fourth-order valence-electron chi connectivity index (χ4n) is 3.26. The molecule has 1 aromatic carbocycles. The van der Waals surface area contributed by atoms with Gasteiger partial charge >= 0.3 is 0 Å². The molecule has 7 heteroatoms. The molecule has 27 heavy (non-hydrogen) atoms. The van der Waals surface area contributed by atoms with Crippen LogP contribution in [-0.2, 0) is 24.4 Å². The maximum absolute atomic E-state index is 12.4. The number of hydrogen-bond acceptors (Lipinski definition) is 6. The fourth-order valence-corrected chi connectivity index (χ4v) is 4.00. The highest BCUT2D eigenvalue weighted by molar-refractivity contribution is 7.09. The van der Waals surface area contributed by atoms with Gasteiger partial charge in [0.2, 0.25) is 0 Å². The number of likely N-dealkylation sites (N-methyl/N-ethyl adjacent to an activating group) is 1. The summed E-state index contributed by atoms with van der Waals surface area (Å²) in [7, 11) is 1.63. The number of carbonyl (C=O) groups excluding carboxylic acids is 1. The van der Waals surface area contributed by atoms with Gasteiger partial charge in [-0.2, -0.15) is 0 Å². The van der Waals surface area contributed by atoms with E-state index in [0.717, 1.165) is 49.8 Å². The zero-order valence-corrected chi connectivity index (χ0v) is 16.9. The average Bonchev–Trinajstić information content (AvgIpc) is 3.17. The molecule has 2 heterocycles. The molecule has 3 rings (SSSR count). The Balaban J connectivity index is 1.56. The van der Waals surface area contributed by atoms with Crippen LogP contribution in [0.5, 0.6) is 0 Å². The number of amides is 1. The van der Waals surface area contributed by atoms with Crippen LogP contribution in [-0.4, -0.2) is 60.5 Å². The minimum Gasteiger partial charge on any atom is -0.378 e. The van der Waals surface area contributed by atoms with Gasteiger partial charge in [0.25, 0.3) is 5.91 Å². The van der Waals surface area contributed by atoms with E-state index in [-0.39, 0.29) is 5.91 Å². The van der Waals surface area contributed by atoms with E-state index >= 15 is 0 Å². The summed E-state index contributed by atoms with van der Waals surface area (Å²) in [6.45, 7) is 9.66. The maximum atomic E-state index is 12.4. The van der Waals surface area contributed by atoms with Gasteiger partial charge in [-0.1, -0.05) is 31.2 Å². The van der Waals surface area contributed by atoms with Crippen molar-refractivity contribution in [1.82, 2.24) is 20.1 Å². The number of rotatable bonds is 8. The number of carbonyl (C=O) groups is 1. The first-order valence-corrected chi connectivity index (χ1v) is 10.3. The van der Waals surface area contributed by atoms with Gasteiger partial charge in [-0.25, -0.2) is 4.98 Å². The first kappa shape index (κ1) is 19.9. The molecule has 0 aliphatic carbocycles. The zero-order valence-electron chi connectivity index (χ0n) is 16.1. The normalized spacial score (nSPS) is 15.8. The molecule has 1 amide bonds. The van der Waals surface area contributed by atoms with E-state index < -0.39 is 0 Å². The zero-order chi connectivity index (χ0) is 19.1. The Morgan fingerprint density at radius 2 is 1.89 bits per heavy atom. The summed E-state index contributed by atoms with van der Waals surface area (Å²) in [6.07, 6.45) is 0. The second-order valence-electron chi connectivity index (χ2n) is 6.72. The van der Waals surface area contributed by atoms with Crippen LogP contribution in [0.1, 0.15) is 33.5 Å². The largest absolute Gasteiger partial charge is 0.378 e. The smallest absolute Gasteiger partial charge is 0.271 e. The molecule has 0 saturated carbocycles. The molecule has 0 unspecified atom stereocenters. The Hall–Kier alpha value is -1.80. The lowest BCUT2D eigenvalue weighted by Crippen LogP contribution is -2.45. The van der Waals surface area contributed by atoms with Crippen molar-refractivity contribution in [3.8, 4) is 0 Å². The molecule has 0 bridgehead atoms. The SMILES string of the molecule is CCN1CCN(Cc2ccccc2CNC(=O)c2csc(COC)n2)CC1. The van der Waals surface area contributed by atoms with Crippen LogP contribution in [0, 0.1) is 0 Å². The van der Waals surface area contributed by atoms with E-state index in [0.29, 0.717) is 18.8 Å². The fraction of sp³-hybridized carbons (Fsp3) is 0.500. The molecule has 2 aromatic rings. The predicted molar refractivity (Wildman–Crippen MR) is 108 cm³/mol. The second kappa shape index (κ2) is 9.94. The van der Waals surface area contributed by atoms with Gasteiger partial charge in [0.15, 0.2) is 0 Å². The highest BCUT2D eigenvalue weighted by atomic mass is 32.1. The van der Waals surface area contributed by atoms with Crippen molar-refractivity contribution in [3.63, 3.8) is 0 Å². The number of nitrogens with zero attached hydrogens (tertiary/aromatic N) is 3. The molecule has 1 aliphatic rings. The third kappa shape index (κ3) is 5.59. The molecular weight excluding hydrogens is 360 g/mol. The number of benzene rings is 1.